The molecule has 17 heteroatoms. The van der Waals surface area contributed by atoms with Gasteiger partial charge in [0.2, 0.25) is 0 Å². The lowest BCUT2D eigenvalue weighted by Crippen LogP contribution is -2.56. The van der Waals surface area contributed by atoms with Crippen molar-refractivity contribution in [3.63, 3.8) is 0 Å². The normalized spacial score (nSPS) is 30.9. The van der Waals surface area contributed by atoms with Crippen molar-refractivity contribution < 1.29 is 47.7 Å². The lowest BCUT2D eigenvalue weighted by atomic mass is 9.92. The molecule has 5 heterocycles. The molecule has 4 aliphatic heterocycles. The van der Waals surface area contributed by atoms with Crippen LogP contribution in [0.15, 0.2) is 75.5 Å². The van der Waals surface area contributed by atoms with Crippen molar-refractivity contribution in [1.29, 1.82) is 0 Å². The Bertz CT molecular complexity index is 1980. The van der Waals surface area contributed by atoms with Crippen LogP contribution < -0.4 is 20.7 Å². The van der Waals surface area contributed by atoms with Gasteiger partial charge in [-0.1, -0.05) is 29.4 Å². The Morgan fingerprint density at radius 3 is 1.95 bits per heavy atom. The quantitative estimate of drug-likeness (QED) is 0.151. The summed E-state index contributed by atoms with van der Waals surface area (Å²) in [5.74, 6) is -0.683. The third-order valence-electron chi connectivity index (χ3n) is 10.2. The number of aliphatic hydroxyl groups is 1. The van der Waals surface area contributed by atoms with Crippen LogP contribution in [0.4, 0.5) is 0 Å². The Hall–Kier alpha value is -4.29. The summed E-state index contributed by atoms with van der Waals surface area (Å²) in [6.07, 6.45) is -5.68. The number of fused-ring (bicyclic) bond motifs is 2. The van der Waals surface area contributed by atoms with E-state index in [2.05, 4.69) is 10.0 Å². The van der Waals surface area contributed by atoms with Crippen molar-refractivity contribution >= 4 is 0 Å². The van der Waals surface area contributed by atoms with Gasteiger partial charge in [-0.05, 0) is 68.6 Å². The fraction of sp³-hybridized carbons (Fsp3) is 0.579. The molecule has 3 aromatic rings. The Kier molecular flexibility index (Phi) is 11.1. The van der Waals surface area contributed by atoms with Gasteiger partial charge in [-0.2, -0.15) is 0 Å². The molecule has 0 bridgehead atoms. The van der Waals surface area contributed by atoms with Crippen LogP contribution in [0, 0.1) is 0 Å². The van der Waals surface area contributed by atoms with E-state index in [4.69, 9.17) is 42.6 Å². The van der Waals surface area contributed by atoms with Crippen LogP contribution >= 0.6 is 0 Å². The monoisotopic (exact) mass is 765 g/mol. The standard InChI is InChI=1S/C38H47N5O12/c1-37(2)52-30-27(51-35(29(40-41-39)32(30)54-37)49-20-22-9-13-25(48-6)14-10-22)18-23(44)17-26-31-33(55-38(3,4)53-31)34(50-26)42-16-15-28(45)43(36(42)46)19-21-7-11-24(47-5)12-8-21/h7-16,23,26-27,29-35,44H,17-20H2,1-6H3/t23-,26+,27+,29+,30-,31+,32+,33+,34+,35?/m0/s1. The van der Waals surface area contributed by atoms with Gasteiger partial charge < -0.3 is 47.7 Å². The third-order valence-corrected chi connectivity index (χ3v) is 10.2. The van der Waals surface area contributed by atoms with E-state index in [1.165, 1.54) is 16.8 Å². The predicted octanol–water partition coefficient (Wildman–Crippen LogP) is 3.77. The van der Waals surface area contributed by atoms with Crippen LogP contribution in [-0.4, -0.2) is 95.1 Å². The predicted molar refractivity (Wildman–Crippen MR) is 193 cm³/mol. The van der Waals surface area contributed by atoms with E-state index in [1.807, 2.05) is 24.3 Å². The largest absolute Gasteiger partial charge is 0.497 e. The van der Waals surface area contributed by atoms with E-state index in [0.717, 1.165) is 15.7 Å². The van der Waals surface area contributed by atoms with Gasteiger partial charge in [0.25, 0.3) is 5.56 Å². The summed E-state index contributed by atoms with van der Waals surface area (Å²) in [5.41, 5.74) is 9.98. The van der Waals surface area contributed by atoms with Gasteiger partial charge in [-0.3, -0.25) is 13.9 Å². The molecule has 1 aromatic heterocycles. The maximum atomic E-state index is 13.9. The summed E-state index contributed by atoms with van der Waals surface area (Å²) in [6.45, 7) is 7.23. The van der Waals surface area contributed by atoms with Crippen LogP contribution in [-0.2, 0) is 46.3 Å². The molecule has 55 heavy (non-hydrogen) atoms. The number of nitrogens with zero attached hydrogens (tertiary/aromatic N) is 5. The molecule has 4 fully saturated rings. The summed E-state index contributed by atoms with van der Waals surface area (Å²) in [7, 11) is 3.15. The maximum absolute atomic E-state index is 13.9. The average Bonchev–Trinajstić information content (AvgIpc) is 3.77. The molecule has 0 amide bonds. The second-order valence-electron chi connectivity index (χ2n) is 15.0. The van der Waals surface area contributed by atoms with Crippen molar-refractivity contribution in [1.82, 2.24) is 9.13 Å². The number of ether oxygens (including phenoxy) is 9. The zero-order valence-corrected chi connectivity index (χ0v) is 31.5. The SMILES string of the molecule is COc1ccc(COC2O[C@H](C[C@@H](O)C[C@H]3O[C@@H](n4ccc(=O)n(Cc5ccc(OC)cc5)c4=O)[C@@H]4OC(C)(C)O[C@@H]43)[C@@H]3OC(C)(C)O[C@@H]3[C@H]2N=[N+]=[N-])cc1. The van der Waals surface area contributed by atoms with E-state index in [-0.39, 0.29) is 26.0 Å². The number of methoxy groups -OCH3 is 2. The van der Waals surface area contributed by atoms with Gasteiger partial charge in [-0.15, -0.1) is 0 Å². The Balaban J connectivity index is 1.09. The highest BCUT2D eigenvalue weighted by Gasteiger charge is 2.58. The molecule has 1 unspecified atom stereocenters. The van der Waals surface area contributed by atoms with Crippen LogP contribution in [0.2, 0.25) is 0 Å². The van der Waals surface area contributed by atoms with Crippen molar-refractivity contribution in [3.8, 4) is 11.5 Å². The van der Waals surface area contributed by atoms with Gasteiger partial charge in [0.05, 0.1) is 45.7 Å². The molecule has 0 saturated carbocycles. The average molecular weight is 766 g/mol. The van der Waals surface area contributed by atoms with Gasteiger partial charge in [0.15, 0.2) is 24.1 Å². The van der Waals surface area contributed by atoms with Gasteiger partial charge in [-0.25, -0.2) is 4.79 Å². The van der Waals surface area contributed by atoms with E-state index in [1.54, 1.807) is 66.2 Å². The highest BCUT2D eigenvalue weighted by Crippen LogP contribution is 2.45. The Labute approximate surface area is 317 Å². The number of azide groups is 1. The van der Waals surface area contributed by atoms with Crippen molar-refractivity contribution in [2.24, 2.45) is 5.11 Å². The Morgan fingerprint density at radius 1 is 0.800 bits per heavy atom. The first-order valence-corrected chi connectivity index (χ1v) is 18.2. The van der Waals surface area contributed by atoms with E-state index in [9.17, 15) is 20.2 Å². The molecule has 0 aliphatic carbocycles. The van der Waals surface area contributed by atoms with Crippen LogP contribution in [0.5, 0.6) is 11.5 Å². The molecule has 2 aromatic carbocycles. The number of rotatable bonds is 13. The molecule has 296 valence electrons. The van der Waals surface area contributed by atoms with E-state index < -0.39 is 84.1 Å². The minimum atomic E-state index is -1.03. The van der Waals surface area contributed by atoms with Crippen molar-refractivity contribution in [3.05, 3.63) is 103 Å². The first-order chi connectivity index (χ1) is 26.3. The number of aliphatic hydroxyl groups excluding tert-OH is 1. The highest BCUT2D eigenvalue weighted by atomic mass is 16.8. The van der Waals surface area contributed by atoms with Gasteiger partial charge in [0.1, 0.15) is 42.0 Å². The zero-order chi connectivity index (χ0) is 39.1. The first-order valence-electron chi connectivity index (χ1n) is 18.2. The van der Waals surface area contributed by atoms with Crippen LogP contribution in [0.25, 0.3) is 10.4 Å². The minimum absolute atomic E-state index is 0.0335. The van der Waals surface area contributed by atoms with Crippen molar-refractivity contribution in [2.45, 2.75) is 127 Å². The smallest absolute Gasteiger partial charge is 0.333 e. The van der Waals surface area contributed by atoms with E-state index in [0.29, 0.717) is 11.5 Å². The fourth-order valence-electron chi connectivity index (χ4n) is 7.75. The highest BCUT2D eigenvalue weighted by molar-refractivity contribution is 5.28. The lowest BCUT2D eigenvalue weighted by Gasteiger charge is -2.41. The summed E-state index contributed by atoms with van der Waals surface area (Å²) < 4.78 is 57.0. The van der Waals surface area contributed by atoms with Gasteiger partial charge >= 0.3 is 5.69 Å². The van der Waals surface area contributed by atoms with Crippen LogP contribution in [0.3, 0.4) is 0 Å². The maximum Gasteiger partial charge on any atom is 0.333 e. The summed E-state index contributed by atoms with van der Waals surface area (Å²) in [5, 5.41) is 15.6. The van der Waals surface area contributed by atoms with Crippen LogP contribution in [0.1, 0.15) is 57.9 Å². The second-order valence-corrected chi connectivity index (χ2v) is 15.0. The molecule has 10 atom stereocenters. The van der Waals surface area contributed by atoms with Gasteiger partial charge in [0, 0.05) is 30.0 Å². The molecule has 0 spiro atoms. The number of hydrogen-bond acceptors (Lipinski definition) is 13. The Morgan fingerprint density at radius 2 is 1.35 bits per heavy atom. The molecular formula is C38H47N5O12. The minimum Gasteiger partial charge on any atom is -0.497 e. The summed E-state index contributed by atoms with van der Waals surface area (Å²) in [4.78, 5) is 29.8. The molecule has 4 saturated heterocycles. The number of aromatic nitrogens is 2. The summed E-state index contributed by atoms with van der Waals surface area (Å²) in [6, 6.07) is 14.9. The fourth-order valence-corrected chi connectivity index (χ4v) is 7.75. The molecule has 7 rings (SSSR count). The number of hydrogen-bond donors (Lipinski definition) is 1. The van der Waals surface area contributed by atoms with E-state index >= 15 is 0 Å². The summed E-state index contributed by atoms with van der Waals surface area (Å²) >= 11 is 0. The molecule has 1 N–H and O–H groups in total. The topological polar surface area (TPSA) is 196 Å². The molecule has 17 nitrogen and oxygen atoms in total. The molecule has 0 radical (unpaired) electrons. The van der Waals surface area contributed by atoms with Crippen molar-refractivity contribution in [2.75, 3.05) is 14.2 Å². The molecular weight excluding hydrogens is 718 g/mol. The lowest BCUT2D eigenvalue weighted by molar-refractivity contribution is -0.249. The molecule has 4 aliphatic rings. The number of benzene rings is 2. The first kappa shape index (κ1) is 39.0. The second kappa shape index (κ2) is 15.7. The zero-order valence-electron chi connectivity index (χ0n) is 31.5. The third kappa shape index (κ3) is 8.31.